The zero-order valence-corrected chi connectivity index (χ0v) is 9.94. The fraction of sp³-hybridized carbons (Fsp3) is 0.900. The van der Waals surface area contributed by atoms with E-state index in [9.17, 15) is 0 Å². The Morgan fingerprint density at radius 3 is 2.64 bits per heavy atom. The lowest BCUT2D eigenvalue weighted by atomic mass is 10.00. The van der Waals surface area contributed by atoms with Gasteiger partial charge in [0.2, 0.25) is 0 Å². The summed E-state index contributed by atoms with van der Waals surface area (Å²) >= 11 is 5.17. The lowest BCUT2D eigenvalue weighted by molar-refractivity contribution is 0.284. The summed E-state index contributed by atoms with van der Waals surface area (Å²) < 4.78 is 0. The van der Waals surface area contributed by atoms with Gasteiger partial charge in [-0.2, -0.15) is 0 Å². The summed E-state index contributed by atoms with van der Waals surface area (Å²) in [6.07, 6.45) is 2.79. The van der Waals surface area contributed by atoms with Gasteiger partial charge in [-0.1, -0.05) is 32.5 Å². The molecule has 0 aromatic rings. The van der Waals surface area contributed by atoms with Crippen molar-refractivity contribution in [2.45, 2.75) is 39.2 Å². The van der Waals surface area contributed by atoms with E-state index in [1.165, 1.54) is 0 Å². The standard InChI is InChI=1S/C10H22N2OS/c1-3-8(2)9(11)10(14)12-6-4-5-7-13/h8-9,13H,3-7,11H2,1-2H3,(H,12,14)/t8?,9-/m0/s1. The Labute approximate surface area is 92.1 Å². The van der Waals surface area contributed by atoms with Crippen molar-refractivity contribution in [2.24, 2.45) is 11.7 Å². The molecule has 0 saturated heterocycles. The van der Waals surface area contributed by atoms with Gasteiger partial charge in [0.25, 0.3) is 0 Å². The van der Waals surface area contributed by atoms with Crippen molar-refractivity contribution in [1.82, 2.24) is 5.32 Å². The van der Waals surface area contributed by atoms with E-state index in [-0.39, 0.29) is 12.6 Å². The fourth-order valence-electron chi connectivity index (χ4n) is 1.08. The third kappa shape index (κ3) is 5.52. The molecule has 0 bridgehead atoms. The summed E-state index contributed by atoms with van der Waals surface area (Å²) in [4.78, 5) is 0.747. The first-order valence-corrected chi connectivity index (χ1v) is 5.68. The molecule has 0 saturated carbocycles. The van der Waals surface area contributed by atoms with Crippen LogP contribution in [-0.2, 0) is 0 Å². The molecule has 3 nitrogen and oxygen atoms in total. The Kier molecular flexibility index (Phi) is 8.04. The average Bonchev–Trinajstić information content (AvgIpc) is 2.21. The summed E-state index contributed by atoms with van der Waals surface area (Å²) in [6.45, 7) is 5.26. The third-order valence-corrected chi connectivity index (χ3v) is 2.86. The Morgan fingerprint density at radius 1 is 1.50 bits per heavy atom. The van der Waals surface area contributed by atoms with E-state index in [2.05, 4.69) is 19.2 Å². The molecule has 0 aromatic heterocycles. The molecule has 1 unspecified atom stereocenters. The molecule has 0 fully saturated rings. The van der Waals surface area contributed by atoms with Crippen LogP contribution < -0.4 is 11.1 Å². The van der Waals surface area contributed by atoms with Crippen LogP contribution in [0, 0.1) is 5.92 Å². The van der Waals surface area contributed by atoms with Gasteiger partial charge in [0.05, 0.1) is 11.0 Å². The first kappa shape index (κ1) is 13.8. The van der Waals surface area contributed by atoms with Crippen molar-refractivity contribution in [2.75, 3.05) is 13.2 Å². The number of thiocarbonyl (C=S) groups is 1. The molecule has 0 amide bonds. The second kappa shape index (κ2) is 8.15. The molecule has 4 N–H and O–H groups in total. The molecule has 4 heteroatoms. The first-order chi connectivity index (χ1) is 6.63. The van der Waals surface area contributed by atoms with Crippen molar-refractivity contribution in [3.05, 3.63) is 0 Å². The highest BCUT2D eigenvalue weighted by Crippen LogP contribution is 2.05. The van der Waals surface area contributed by atoms with Crippen LogP contribution in [0.25, 0.3) is 0 Å². The minimum absolute atomic E-state index is 0.0378. The highest BCUT2D eigenvalue weighted by Gasteiger charge is 2.14. The second-order valence-corrected chi connectivity index (χ2v) is 4.07. The highest BCUT2D eigenvalue weighted by atomic mass is 32.1. The van der Waals surface area contributed by atoms with Gasteiger partial charge in [-0.25, -0.2) is 0 Å². The van der Waals surface area contributed by atoms with Gasteiger partial charge in [0.1, 0.15) is 0 Å². The van der Waals surface area contributed by atoms with Gasteiger partial charge in [0.15, 0.2) is 0 Å². The second-order valence-electron chi connectivity index (χ2n) is 3.63. The van der Waals surface area contributed by atoms with Gasteiger partial charge in [0, 0.05) is 13.2 Å². The lowest BCUT2D eigenvalue weighted by Crippen LogP contribution is -2.43. The average molecular weight is 218 g/mol. The Balaban J connectivity index is 3.62. The van der Waals surface area contributed by atoms with E-state index in [0.717, 1.165) is 30.8 Å². The van der Waals surface area contributed by atoms with Gasteiger partial charge in [-0.05, 0) is 18.8 Å². The maximum absolute atomic E-state index is 8.58. The number of hydrogen-bond donors (Lipinski definition) is 3. The van der Waals surface area contributed by atoms with E-state index in [4.69, 9.17) is 23.1 Å². The van der Waals surface area contributed by atoms with Crippen LogP contribution in [0.2, 0.25) is 0 Å². The molecule has 0 heterocycles. The number of hydrogen-bond acceptors (Lipinski definition) is 3. The van der Waals surface area contributed by atoms with Crippen LogP contribution >= 0.6 is 12.2 Å². The van der Waals surface area contributed by atoms with Crippen molar-refractivity contribution in [3.8, 4) is 0 Å². The van der Waals surface area contributed by atoms with Crippen molar-refractivity contribution in [1.29, 1.82) is 0 Å². The summed E-state index contributed by atoms with van der Waals surface area (Å²) in [5.74, 6) is 0.424. The normalized spacial score (nSPS) is 14.9. The summed E-state index contributed by atoms with van der Waals surface area (Å²) in [6, 6.07) is -0.0378. The van der Waals surface area contributed by atoms with Crippen LogP contribution in [0.4, 0.5) is 0 Å². The molecule has 0 aromatic carbocycles. The molecule has 0 aliphatic carbocycles. The maximum atomic E-state index is 8.58. The van der Waals surface area contributed by atoms with Crippen LogP contribution in [0.3, 0.4) is 0 Å². The van der Waals surface area contributed by atoms with Crippen LogP contribution in [0.5, 0.6) is 0 Å². The predicted molar refractivity (Wildman–Crippen MR) is 64.4 cm³/mol. The van der Waals surface area contributed by atoms with Crippen LogP contribution in [0.15, 0.2) is 0 Å². The fourth-order valence-corrected chi connectivity index (χ4v) is 1.41. The number of rotatable bonds is 7. The topological polar surface area (TPSA) is 58.3 Å². The van der Waals surface area contributed by atoms with E-state index in [0.29, 0.717) is 5.92 Å². The largest absolute Gasteiger partial charge is 0.396 e. The third-order valence-electron chi connectivity index (χ3n) is 2.44. The van der Waals surface area contributed by atoms with E-state index < -0.39 is 0 Å². The zero-order valence-electron chi connectivity index (χ0n) is 9.12. The van der Waals surface area contributed by atoms with E-state index >= 15 is 0 Å². The smallest absolute Gasteiger partial charge is 0.0926 e. The molecule has 0 aliphatic rings. The quantitative estimate of drug-likeness (QED) is 0.441. The molecule has 0 radical (unpaired) electrons. The Hall–Kier alpha value is -0.190. The Morgan fingerprint density at radius 2 is 2.14 bits per heavy atom. The summed E-state index contributed by atoms with van der Waals surface area (Å²) in [5, 5.41) is 11.7. The molecule has 0 rings (SSSR count). The summed E-state index contributed by atoms with van der Waals surface area (Å²) in [7, 11) is 0. The number of nitrogens with two attached hydrogens (primary N) is 1. The van der Waals surface area contributed by atoms with Crippen molar-refractivity contribution < 1.29 is 5.11 Å². The maximum Gasteiger partial charge on any atom is 0.0926 e. The molecular weight excluding hydrogens is 196 g/mol. The van der Waals surface area contributed by atoms with Crippen LogP contribution in [-0.4, -0.2) is 29.3 Å². The zero-order chi connectivity index (χ0) is 11.0. The summed E-state index contributed by atoms with van der Waals surface area (Å²) in [5.41, 5.74) is 5.93. The monoisotopic (exact) mass is 218 g/mol. The molecule has 2 atom stereocenters. The van der Waals surface area contributed by atoms with Gasteiger partial charge in [-0.15, -0.1) is 0 Å². The minimum Gasteiger partial charge on any atom is -0.396 e. The lowest BCUT2D eigenvalue weighted by Gasteiger charge is -2.20. The van der Waals surface area contributed by atoms with Crippen molar-refractivity contribution >= 4 is 17.2 Å². The van der Waals surface area contributed by atoms with Gasteiger partial charge < -0.3 is 16.2 Å². The molecule has 14 heavy (non-hydrogen) atoms. The van der Waals surface area contributed by atoms with E-state index in [1.807, 2.05) is 0 Å². The highest BCUT2D eigenvalue weighted by molar-refractivity contribution is 7.80. The van der Waals surface area contributed by atoms with Crippen molar-refractivity contribution in [3.63, 3.8) is 0 Å². The van der Waals surface area contributed by atoms with Gasteiger partial charge in [-0.3, -0.25) is 0 Å². The Bertz CT molecular complexity index is 164. The van der Waals surface area contributed by atoms with E-state index in [1.54, 1.807) is 0 Å². The molecule has 0 spiro atoms. The molecule has 84 valence electrons. The number of unbranched alkanes of at least 4 members (excludes halogenated alkanes) is 1. The van der Waals surface area contributed by atoms with Gasteiger partial charge >= 0.3 is 0 Å². The first-order valence-electron chi connectivity index (χ1n) is 5.27. The molecular formula is C10H22N2OS. The number of aliphatic hydroxyl groups is 1. The SMILES string of the molecule is CCC(C)[C@H](N)C(=S)NCCCCO. The predicted octanol–water partition coefficient (Wildman–Crippen LogP) is 1.05. The van der Waals surface area contributed by atoms with Crippen LogP contribution in [0.1, 0.15) is 33.1 Å². The molecule has 0 aliphatic heterocycles. The number of aliphatic hydroxyl groups excluding tert-OH is 1. The number of nitrogens with one attached hydrogen (secondary N) is 1. The minimum atomic E-state index is -0.0378.